The van der Waals surface area contributed by atoms with E-state index in [1.165, 1.54) is 5.56 Å². The summed E-state index contributed by atoms with van der Waals surface area (Å²) in [5.74, 6) is 1.76. The lowest BCUT2D eigenvalue weighted by atomic mass is 10.1. The Morgan fingerprint density at radius 2 is 2.20 bits per heavy atom. The first-order valence-electron chi connectivity index (χ1n) is 5.02. The number of aryl methyl sites for hydroxylation is 1. The number of methoxy groups -OCH3 is 1. The molecular weight excluding hydrogens is 190 g/mol. The highest BCUT2D eigenvalue weighted by atomic mass is 16.5. The van der Waals surface area contributed by atoms with Gasteiger partial charge >= 0.3 is 0 Å². The molecule has 3 nitrogen and oxygen atoms in total. The van der Waals surface area contributed by atoms with Crippen molar-refractivity contribution in [2.45, 2.75) is 13.3 Å². The molecule has 1 heterocycles. The summed E-state index contributed by atoms with van der Waals surface area (Å²) < 4.78 is 10.8. The summed E-state index contributed by atoms with van der Waals surface area (Å²) in [5.41, 5.74) is 7.64. The molecular formula is C12H15NO2. The highest BCUT2D eigenvalue weighted by molar-refractivity contribution is 5.83. The molecule has 1 aromatic heterocycles. The molecule has 80 valence electrons. The maximum atomic E-state index is 5.66. The number of furan rings is 1. The summed E-state index contributed by atoms with van der Waals surface area (Å²) in [6.07, 6.45) is 0.852. The molecule has 1 aromatic carbocycles. The standard InChI is InChI=1S/C12H15NO2/c1-8-10(5-6-13)11-4-3-9(14-2)7-12(11)15-8/h3-4,7H,5-6,13H2,1-2H3. The number of hydrogen-bond acceptors (Lipinski definition) is 3. The molecule has 3 heteroatoms. The van der Waals surface area contributed by atoms with Crippen LogP contribution < -0.4 is 10.5 Å². The topological polar surface area (TPSA) is 48.4 Å². The second kappa shape index (κ2) is 3.95. The fourth-order valence-corrected chi connectivity index (χ4v) is 1.83. The van der Waals surface area contributed by atoms with Gasteiger partial charge < -0.3 is 14.9 Å². The summed E-state index contributed by atoms with van der Waals surface area (Å²) in [4.78, 5) is 0. The van der Waals surface area contributed by atoms with E-state index in [1.807, 2.05) is 25.1 Å². The van der Waals surface area contributed by atoms with Gasteiger partial charge in [0.25, 0.3) is 0 Å². The Morgan fingerprint density at radius 3 is 2.87 bits per heavy atom. The Hall–Kier alpha value is -1.48. The fourth-order valence-electron chi connectivity index (χ4n) is 1.83. The van der Waals surface area contributed by atoms with Gasteiger partial charge in [-0.2, -0.15) is 0 Å². The molecule has 0 saturated carbocycles. The van der Waals surface area contributed by atoms with Gasteiger partial charge in [-0.25, -0.2) is 0 Å². The summed E-state index contributed by atoms with van der Waals surface area (Å²) >= 11 is 0. The lowest BCUT2D eigenvalue weighted by molar-refractivity contribution is 0.414. The molecule has 0 aliphatic rings. The number of benzene rings is 1. The minimum absolute atomic E-state index is 0.640. The van der Waals surface area contributed by atoms with Gasteiger partial charge in [-0.15, -0.1) is 0 Å². The quantitative estimate of drug-likeness (QED) is 0.836. The van der Waals surface area contributed by atoms with Crippen LogP contribution in [0.1, 0.15) is 11.3 Å². The third-order valence-electron chi connectivity index (χ3n) is 2.60. The van der Waals surface area contributed by atoms with Gasteiger partial charge in [0.2, 0.25) is 0 Å². The third-order valence-corrected chi connectivity index (χ3v) is 2.60. The van der Waals surface area contributed by atoms with E-state index in [4.69, 9.17) is 14.9 Å². The summed E-state index contributed by atoms with van der Waals surface area (Å²) in [5, 5.41) is 1.14. The first kappa shape index (κ1) is 10.1. The predicted molar refractivity (Wildman–Crippen MR) is 60.3 cm³/mol. The SMILES string of the molecule is COc1ccc2c(CCN)c(C)oc2c1. The Balaban J connectivity index is 2.58. The van der Waals surface area contributed by atoms with Crippen LogP contribution in [-0.2, 0) is 6.42 Å². The van der Waals surface area contributed by atoms with Crippen LogP contribution in [0.15, 0.2) is 22.6 Å². The van der Waals surface area contributed by atoms with Crippen molar-refractivity contribution in [2.75, 3.05) is 13.7 Å². The Bertz CT molecular complexity index is 474. The number of rotatable bonds is 3. The molecule has 0 amide bonds. The van der Waals surface area contributed by atoms with Crippen LogP contribution in [0.25, 0.3) is 11.0 Å². The van der Waals surface area contributed by atoms with Gasteiger partial charge in [0.05, 0.1) is 7.11 Å². The molecule has 0 radical (unpaired) electrons. The molecule has 0 aliphatic heterocycles. The number of hydrogen-bond donors (Lipinski definition) is 1. The Kier molecular flexibility index (Phi) is 2.64. The highest BCUT2D eigenvalue weighted by Gasteiger charge is 2.10. The first-order valence-corrected chi connectivity index (χ1v) is 5.02. The molecule has 0 saturated heterocycles. The lowest BCUT2D eigenvalue weighted by Crippen LogP contribution is -2.02. The van der Waals surface area contributed by atoms with E-state index in [2.05, 4.69) is 0 Å². The van der Waals surface area contributed by atoms with Gasteiger partial charge in [0.1, 0.15) is 17.1 Å². The van der Waals surface area contributed by atoms with Crippen LogP contribution in [0.3, 0.4) is 0 Å². The largest absolute Gasteiger partial charge is 0.497 e. The van der Waals surface area contributed by atoms with Gasteiger partial charge in [0.15, 0.2) is 0 Å². The maximum Gasteiger partial charge on any atom is 0.138 e. The second-order valence-corrected chi connectivity index (χ2v) is 3.54. The molecule has 0 atom stereocenters. The van der Waals surface area contributed by atoms with Crippen molar-refractivity contribution in [3.05, 3.63) is 29.5 Å². The molecule has 2 N–H and O–H groups in total. The zero-order valence-corrected chi connectivity index (χ0v) is 9.04. The summed E-state index contributed by atoms with van der Waals surface area (Å²) in [6.45, 7) is 2.61. The minimum atomic E-state index is 0.640. The van der Waals surface area contributed by atoms with Crippen LogP contribution in [0.5, 0.6) is 5.75 Å². The Labute approximate surface area is 88.8 Å². The van der Waals surface area contributed by atoms with E-state index < -0.39 is 0 Å². The first-order chi connectivity index (χ1) is 7.26. The van der Waals surface area contributed by atoms with Crippen LogP contribution in [0.2, 0.25) is 0 Å². The molecule has 2 rings (SSSR count). The molecule has 2 aromatic rings. The predicted octanol–water partition coefficient (Wildman–Crippen LogP) is 2.25. The smallest absolute Gasteiger partial charge is 0.138 e. The van der Waals surface area contributed by atoms with Gasteiger partial charge in [-0.3, -0.25) is 0 Å². The van der Waals surface area contributed by atoms with E-state index in [1.54, 1.807) is 7.11 Å². The molecule has 0 bridgehead atoms. The second-order valence-electron chi connectivity index (χ2n) is 3.54. The van der Waals surface area contributed by atoms with Crippen molar-refractivity contribution in [2.24, 2.45) is 5.73 Å². The average Bonchev–Trinajstić information content (AvgIpc) is 2.55. The molecule has 15 heavy (non-hydrogen) atoms. The van der Waals surface area contributed by atoms with E-state index in [9.17, 15) is 0 Å². The van der Waals surface area contributed by atoms with Crippen LogP contribution in [0, 0.1) is 6.92 Å². The average molecular weight is 205 g/mol. The van der Waals surface area contributed by atoms with Crippen molar-refractivity contribution in [3.63, 3.8) is 0 Å². The van der Waals surface area contributed by atoms with Crippen molar-refractivity contribution in [1.82, 2.24) is 0 Å². The summed E-state index contributed by atoms with van der Waals surface area (Å²) in [7, 11) is 1.65. The summed E-state index contributed by atoms with van der Waals surface area (Å²) in [6, 6.07) is 5.87. The van der Waals surface area contributed by atoms with E-state index in [0.29, 0.717) is 6.54 Å². The van der Waals surface area contributed by atoms with Crippen LogP contribution in [0.4, 0.5) is 0 Å². The van der Waals surface area contributed by atoms with Gasteiger partial charge in [-0.1, -0.05) is 0 Å². The molecule has 0 aliphatic carbocycles. The van der Waals surface area contributed by atoms with Gasteiger partial charge in [-0.05, 0) is 32.0 Å². The fraction of sp³-hybridized carbons (Fsp3) is 0.333. The molecule has 0 fully saturated rings. The van der Waals surface area contributed by atoms with Crippen molar-refractivity contribution >= 4 is 11.0 Å². The monoisotopic (exact) mass is 205 g/mol. The molecule has 0 unspecified atom stereocenters. The van der Waals surface area contributed by atoms with E-state index >= 15 is 0 Å². The Morgan fingerprint density at radius 1 is 1.40 bits per heavy atom. The minimum Gasteiger partial charge on any atom is -0.497 e. The van der Waals surface area contributed by atoms with Crippen LogP contribution in [-0.4, -0.2) is 13.7 Å². The highest BCUT2D eigenvalue weighted by Crippen LogP contribution is 2.28. The number of nitrogens with two attached hydrogens (primary N) is 1. The maximum absolute atomic E-state index is 5.66. The van der Waals surface area contributed by atoms with Crippen LogP contribution >= 0.6 is 0 Å². The zero-order chi connectivity index (χ0) is 10.8. The van der Waals surface area contributed by atoms with Gasteiger partial charge in [0, 0.05) is 17.0 Å². The lowest BCUT2D eigenvalue weighted by Gasteiger charge is -1.99. The molecule has 0 spiro atoms. The zero-order valence-electron chi connectivity index (χ0n) is 9.04. The normalized spacial score (nSPS) is 10.9. The van der Waals surface area contributed by atoms with Crippen molar-refractivity contribution in [3.8, 4) is 5.75 Å². The number of fused-ring (bicyclic) bond motifs is 1. The third kappa shape index (κ3) is 1.70. The van der Waals surface area contributed by atoms with Crippen molar-refractivity contribution in [1.29, 1.82) is 0 Å². The van der Waals surface area contributed by atoms with E-state index in [0.717, 1.165) is 28.9 Å². The number of ether oxygens (including phenoxy) is 1. The van der Waals surface area contributed by atoms with Crippen molar-refractivity contribution < 1.29 is 9.15 Å². The van der Waals surface area contributed by atoms with E-state index in [-0.39, 0.29) is 0 Å².